The van der Waals surface area contributed by atoms with Crippen molar-refractivity contribution in [2.75, 3.05) is 39.2 Å². The first-order chi connectivity index (χ1) is 14.1. The molecule has 1 aromatic carbocycles. The van der Waals surface area contributed by atoms with Gasteiger partial charge in [-0.25, -0.2) is 4.79 Å². The van der Waals surface area contributed by atoms with Crippen molar-refractivity contribution in [3.05, 3.63) is 40.3 Å². The van der Waals surface area contributed by atoms with Gasteiger partial charge in [-0.2, -0.15) is 0 Å². The second-order valence-electron chi connectivity index (χ2n) is 6.71. The maximum absolute atomic E-state index is 12.5. The number of amides is 1. The van der Waals surface area contributed by atoms with Gasteiger partial charge in [0.1, 0.15) is 5.00 Å². The summed E-state index contributed by atoms with van der Waals surface area (Å²) in [4.78, 5) is 28.3. The Labute approximate surface area is 186 Å². The number of esters is 1. The molecule has 1 amide bonds. The van der Waals surface area contributed by atoms with Gasteiger partial charge in [-0.05, 0) is 37.1 Å². The molecule has 0 fully saturated rings. The molecule has 7 nitrogen and oxygen atoms in total. The fourth-order valence-electron chi connectivity index (χ4n) is 3.41. The lowest BCUT2D eigenvalue weighted by Crippen LogP contribution is -2.30. The second kappa shape index (κ2) is 11.2. The quantitative estimate of drug-likeness (QED) is 0.612. The highest BCUT2D eigenvalue weighted by Gasteiger charge is 2.29. The van der Waals surface area contributed by atoms with E-state index in [9.17, 15) is 9.59 Å². The minimum absolute atomic E-state index is 0. The highest BCUT2D eigenvalue weighted by molar-refractivity contribution is 7.17. The Hall–Kier alpha value is -2.29. The summed E-state index contributed by atoms with van der Waals surface area (Å²) in [6.07, 6.45) is 1.85. The summed E-state index contributed by atoms with van der Waals surface area (Å²) in [6, 6.07) is 7.13. The second-order valence-corrected chi connectivity index (χ2v) is 7.82. The number of anilines is 1. The SMILES string of the molecule is CCCN1CCc2c(sc(NC(=O)COc3ccccc3OC)c2C(=O)OC)C1.Cl. The minimum atomic E-state index is -0.424. The van der Waals surface area contributed by atoms with Crippen LogP contribution in [0.2, 0.25) is 0 Å². The Morgan fingerprint density at radius 2 is 1.93 bits per heavy atom. The lowest BCUT2D eigenvalue weighted by molar-refractivity contribution is -0.118. The molecule has 9 heteroatoms. The molecule has 0 radical (unpaired) electrons. The molecule has 0 atom stereocenters. The molecular formula is C21H27ClN2O5S. The number of ether oxygens (including phenoxy) is 3. The minimum Gasteiger partial charge on any atom is -0.493 e. The molecule has 2 heterocycles. The monoisotopic (exact) mass is 454 g/mol. The molecule has 1 N–H and O–H groups in total. The Bertz CT molecular complexity index is 886. The van der Waals surface area contributed by atoms with Crippen molar-refractivity contribution in [1.29, 1.82) is 0 Å². The molecular weight excluding hydrogens is 428 g/mol. The van der Waals surface area contributed by atoms with Crippen LogP contribution >= 0.6 is 23.7 Å². The first kappa shape index (κ1) is 24.0. The fourth-order valence-corrected chi connectivity index (χ4v) is 4.71. The van der Waals surface area contributed by atoms with E-state index in [0.717, 1.165) is 42.9 Å². The molecule has 0 saturated heterocycles. The van der Waals surface area contributed by atoms with Gasteiger partial charge in [0, 0.05) is 18.0 Å². The largest absolute Gasteiger partial charge is 0.493 e. The lowest BCUT2D eigenvalue weighted by atomic mass is 10.0. The molecule has 164 valence electrons. The van der Waals surface area contributed by atoms with Crippen molar-refractivity contribution in [1.82, 2.24) is 4.90 Å². The number of para-hydroxylation sites is 2. The van der Waals surface area contributed by atoms with Crippen LogP contribution in [0.15, 0.2) is 24.3 Å². The number of thiophene rings is 1. The van der Waals surface area contributed by atoms with E-state index in [0.29, 0.717) is 22.1 Å². The number of benzene rings is 1. The smallest absolute Gasteiger partial charge is 0.341 e. The summed E-state index contributed by atoms with van der Waals surface area (Å²) in [5.74, 6) is 0.273. The molecule has 0 aliphatic carbocycles. The van der Waals surface area contributed by atoms with Crippen molar-refractivity contribution in [3.63, 3.8) is 0 Å². The van der Waals surface area contributed by atoms with Gasteiger partial charge in [-0.3, -0.25) is 9.69 Å². The van der Waals surface area contributed by atoms with Gasteiger partial charge >= 0.3 is 5.97 Å². The number of nitrogens with zero attached hydrogens (tertiary/aromatic N) is 1. The number of nitrogens with one attached hydrogen (secondary N) is 1. The summed E-state index contributed by atoms with van der Waals surface area (Å²) < 4.78 is 15.8. The summed E-state index contributed by atoms with van der Waals surface area (Å²) in [6.45, 7) is 4.65. The van der Waals surface area contributed by atoms with Crippen LogP contribution in [0.3, 0.4) is 0 Å². The molecule has 3 rings (SSSR count). The number of fused-ring (bicyclic) bond motifs is 1. The molecule has 1 aliphatic heterocycles. The number of carbonyl (C=O) groups is 2. The molecule has 30 heavy (non-hydrogen) atoms. The van der Waals surface area contributed by atoms with Crippen LogP contribution in [0.4, 0.5) is 5.00 Å². The third-order valence-electron chi connectivity index (χ3n) is 4.75. The number of methoxy groups -OCH3 is 2. The maximum Gasteiger partial charge on any atom is 0.341 e. The van der Waals surface area contributed by atoms with Gasteiger partial charge in [-0.1, -0.05) is 19.1 Å². The first-order valence-electron chi connectivity index (χ1n) is 9.58. The zero-order chi connectivity index (χ0) is 20.8. The molecule has 2 aromatic rings. The van der Waals surface area contributed by atoms with E-state index in [1.165, 1.54) is 18.4 Å². The predicted molar refractivity (Wildman–Crippen MR) is 119 cm³/mol. The van der Waals surface area contributed by atoms with Crippen LogP contribution in [-0.4, -0.2) is 50.7 Å². The molecule has 0 saturated carbocycles. The lowest BCUT2D eigenvalue weighted by Gasteiger charge is -2.26. The van der Waals surface area contributed by atoms with Crippen LogP contribution in [0, 0.1) is 0 Å². The third kappa shape index (κ3) is 5.44. The van der Waals surface area contributed by atoms with Gasteiger partial charge in [0.15, 0.2) is 18.1 Å². The molecule has 1 aliphatic rings. The first-order valence-corrected chi connectivity index (χ1v) is 10.4. The van der Waals surface area contributed by atoms with E-state index in [2.05, 4.69) is 17.1 Å². The number of rotatable bonds is 8. The van der Waals surface area contributed by atoms with Gasteiger partial charge in [-0.15, -0.1) is 23.7 Å². The number of hydrogen-bond donors (Lipinski definition) is 1. The Kier molecular flexibility index (Phi) is 8.95. The molecule has 0 bridgehead atoms. The number of halogens is 1. The van der Waals surface area contributed by atoms with Crippen molar-refractivity contribution in [3.8, 4) is 11.5 Å². The van der Waals surface area contributed by atoms with E-state index in [-0.39, 0.29) is 24.9 Å². The standard InChI is InChI=1S/C21H26N2O5S.ClH/c1-4-10-23-11-9-14-17(12-23)29-20(19(14)21(25)27-3)22-18(24)13-28-16-8-6-5-7-15(16)26-2;/h5-8H,4,9-13H2,1-3H3,(H,22,24);1H. The van der Waals surface area contributed by atoms with Crippen LogP contribution in [-0.2, 0) is 22.5 Å². The average Bonchev–Trinajstić information content (AvgIpc) is 3.09. The van der Waals surface area contributed by atoms with Crippen LogP contribution in [0.5, 0.6) is 11.5 Å². The predicted octanol–water partition coefficient (Wildman–Crippen LogP) is 3.75. The molecule has 1 aromatic heterocycles. The zero-order valence-corrected chi connectivity index (χ0v) is 19.0. The van der Waals surface area contributed by atoms with Gasteiger partial charge in [0.05, 0.1) is 19.8 Å². The van der Waals surface area contributed by atoms with E-state index in [1.54, 1.807) is 25.3 Å². The average molecular weight is 455 g/mol. The van der Waals surface area contributed by atoms with Crippen molar-refractivity contribution < 1.29 is 23.8 Å². The van der Waals surface area contributed by atoms with E-state index in [1.807, 2.05) is 6.07 Å². The van der Waals surface area contributed by atoms with Gasteiger partial charge < -0.3 is 19.5 Å². The summed E-state index contributed by atoms with van der Waals surface area (Å²) in [5.41, 5.74) is 1.45. The summed E-state index contributed by atoms with van der Waals surface area (Å²) in [5, 5.41) is 3.35. The van der Waals surface area contributed by atoms with Crippen molar-refractivity contribution in [2.45, 2.75) is 26.3 Å². The highest BCUT2D eigenvalue weighted by Crippen LogP contribution is 2.37. The van der Waals surface area contributed by atoms with E-state index >= 15 is 0 Å². The van der Waals surface area contributed by atoms with Gasteiger partial charge in [0.2, 0.25) is 0 Å². The molecule has 0 unspecified atom stereocenters. The summed E-state index contributed by atoms with van der Waals surface area (Å²) >= 11 is 1.44. The van der Waals surface area contributed by atoms with Crippen molar-refractivity contribution >= 4 is 40.6 Å². The van der Waals surface area contributed by atoms with E-state index in [4.69, 9.17) is 14.2 Å². The normalized spacial score (nSPS) is 13.0. The van der Waals surface area contributed by atoms with E-state index < -0.39 is 5.97 Å². The van der Waals surface area contributed by atoms with Crippen LogP contribution < -0.4 is 14.8 Å². The van der Waals surface area contributed by atoms with Crippen LogP contribution in [0.1, 0.15) is 34.1 Å². The Morgan fingerprint density at radius 3 is 2.60 bits per heavy atom. The number of hydrogen-bond acceptors (Lipinski definition) is 7. The topological polar surface area (TPSA) is 77.1 Å². The van der Waals surface area contributed by atoms with Crippen molar-refractivity contribution in [2.24, 2.45) is 0 Å². The third-order valence-corrected chi connectivity index (χ3v) is 5.88. The Balaban J connectivity index is 0.00000320. The van der Waals surface area contributed by atoms with Gasteiger partial charge in [0.25, 0.3) is 5.91 Å². The number of carbonyl (C=O) groups excluding carboxylic acids is 2. The van der Waals surface area contributed by atoms with Crippen LogP contribution in [0.25, 0.3) is 0 Å². The summed E-state index contributed by atoms with van der Waals surface area (Å²) in [7, 11) is 2.90. The highest BCUT2D eigenvalue weighted by atomic mass is 35.5. The fraction of sp³-hybridized carbons (Fsp3) is 0.429. The maximum atomic E-state index is 12.5. The zero-order valence-electron chi connectivity index (χ0n) is 17.4. The Morgan fingerprint density at radius 1 is 1.20 bits per heavy atom. The molecule has 0 spiro atoms.